The van der Waals surface area contributed by atoms with Crippen molar-refractivity contribution < 1.29 is 13.2 Å². The zero-order valence-electron chi connectivity index (χ0n) is 12.9. The summed E-state index contributed by atoms with van der Waals surface area (Å²) in [5.74, 6) is 0.483. The number of nitriles is 1. The fourth-order valence-electron chi connectivity index (χ4n) is 2.52. The first-order valence-electron chi connectivity index (χ1n) is 7.60. The van der Waals surface area contributed by atoms with Crippen LogP contribution >= 0.6 is 0 Å². The van der Waals surface area contributed by atoms with Crippen LogP contribution in [0.4, 0.5) is 0 Å². The van der Waals surface area contributed by atoms with Crippen LogP contribution in [0, 0.1) is 11.3 Å². The first-order valence-corrected chi connectivity index (χ1v) is 9.04. The molecule has 24 heavy (non-hydrogen) atoms. The Morgan fingerprint density at radius 2 is 1.71 bits per heavy atom. The Morgan fingerprint density at radius 1 is 1.04 bits per heavy atom. The predicted octanol–water partition coefficient (Wildman–Crippen LogP) is 2.32. The van der Waals surface area contributed by atoms with Gasteiger partial charge in [-0.05, 0) is 37.1 Å². The van der Waals surface area contributed by atoms with Gasteiger partial charge >= 0.3 is 0 Å². The molecule has 1 fully saturated rings. The second kappa shape index (κ2) is 6.95. The molecule has 1 aliphatic heterocycles. The van der Waals surface area contributed by atoms with Crippen LogP contribution < -0.4 is 4.74 Å². The molecule has 0 radical (unpaired) electrons. The van der Waals surface area contributed by atoms with Crippen LogP contribution in [0.1, 0.15) is 25.0 Å². The molecule has 0 unspecified atom stereocenters. The molecule has 0 N–H and O–H groups in total. The smallest absolute Gasteiger partial charge is 0.256 e. The highest BCUT2D eigenvalue weighted by molar-refractivity contribution is 7.89. The van der Waals surface area contributed by atoms with Gasteiger partial charge in [0.05, 0.1) is 4.90 Å². The molecule has 0 saturated carbocycles. The summed E-state index contributed by atoms with van der Waals surface area (Å²) in [6.07, 6.45) is 5.68. The Balaban J connectivity index is 1.79. The van der Waals surface area contributed by atoms with Gasteiger partial charge in [0.1, 0.15) is 11.8 Å². The fourth-order valence-corrected chi connectivity index (χ4v) is 4.04. The summed E-state index contributed by atoms with van der Waals surface area (Å²) in [5, 5.41) is 8.97. The van der Waals surface area contributed by atoms with Crippen LogP contribution in [0.5, 0.6) is 11.6 Å². The van der Waals surface area contributed by atoms with Crippen LogP contribution in [0.25, 0.3) is 0 Å². The van der Waals surface area contributed by atoms with E-state index >= 15 is 0 Å². The number of benzene rings is 1. The molecule has 7 nitrogen and oxygen atoms in total. The maximum atomic E-state index is 12.6. The van der Waals surface area contributed by atoms with Crippen molar-refractivity contribution in [1.29, 1.82) is 5.26 Å². The van der Waals surface area contributed by atoms with Crippen LogP contribution in [0.15, 0.2) is 41.6 Å². The van der Waals surface area contributed by atoms with Crippen molar-refractivity contribution in [3.8, 4) is 17.7 Å². The minimum Gasteiger partial charge on any atom is -0.436 e. The number of ether oxygens (including phenoxy) is 1. The van der Waals surface area contributed by atoms with E-state index in [4.69, 9.17) is 10.00 Å². The van der Waals surface area contributed by atoms with E-state index in [1.54, 1.807) is 12.1 Å². The van der Waals surface area contributed by atoms with Gasteiger partial charge in [-0.25, -0.2) is 18.4 Å². The van der Waals surface area contributed by atoms with Gasteiger partial charge in [-0.2, -0.15) is 9.57 Å². The summed E-state index contributed by atoms with van der Waals surface area (Å²) >= 11 is 0. The molecule has 8 heteroatoms. The van der Waals surface area contributed by atoms with Gasteiger partial charge in [-0.15, -0.1) is 0 Å². The van der Waals surface area contributed by atoms with Gasteiger partial charge < -0.3 is 4.74 Å². The lowest BCUT2D eigenvalue weighted by atomic mass is 10.2. The average Bonchev–Trinajstić information content (AvgIpc) is 2.63. The van der Waals surface area contributed by atoms with E-state index in [2.05, 4.69) is 9.97 Å². The minimum absolute atomic E-state index is 0.0718. The standard InChI is InChI=1S/C16H16N4O3S/c17-12-15-16(19-9-8-18-15)23-13-4-6-14(7-5-13)24(21,22)20-10-2-1-3-11-20/h4-9H,1-3,10-11H2. The second-order valence-electron chi connectivity index (χ2n) is 5.36. The monoisotopic (exact) mass is 344 g/mol. The molecular weight excluding hydrogens is 328 g/mol. The van der Waals surface area contributed by atoms with E-state index in [9.17, 15) is 8.42 Å². The quantitative estimate of drug-likeness (QED) is 0.844. The van der Waals surface area contributed by atoms with Crippen molar-refractivity contribution in [2.75, 3.05) is 13.1 Å². The fraction of sp³-hybridized carbons (Fsp3) is 0.312. The molecule has 0 amide bonds. The Labute approximate surface area is 140 Å². The first-order chi connectivity index (χ1) is 11.6. The predicted molar refractivity (Wildman–Crippen MR) is 85.9 cm³/mol. The number of hydrogen-bond donors (Lipinski definition) is 0. The van der Waals surface area contributed by atoms with Crippen molar-refractivity contribution in [2.24, 2.45) is 0 Å². The van der Waals surface area contributed by atoms with Crippen LogP contribution in [0.3, 0.4) is 0 Å². The van der Waals surface area contributed by atoms with Gasteiger partial charge in [0.2, 0.25) is 15.7 Å². The summed E-state index contributed by atoms with van der Waals surface area (Å²) < 4.78 is 32.2. The Morgan fingerprint density at radius 3 is 2.38 bits per heavy atom. The lowest BCUT2D eigenvalue weighted by molar-refractivity contribution is 0.346. The molecule has 0 spiro atoms. The van der Waals surface area contributed by atoms with Gasteiger partial charge in [0, 0.05) is 25.5 Å². The molecule has 0 aliphatic carbocycles. The third-order valence-corrected chi connectivity index (χ3v) is 5.67. The zero-order valence-corrected chi connectivity index (χ0v) is 13.7. The number of nitrogens with zero attached hydrogens (tertiary/aromatic N) is 4. The van der Waals surface area contributed by atoms with E-state index in [0.717, 1.165) is 19.3 Å². The highest BCUT2D eigenvalue weighted by Gasteiger charge is 2.25. The Bertz CT molecular complexity index is 854. The molecule has 1 saturated heterocycles. The van der Waals surface area contributed by atoms with Crippen molar-refractivity contribution >= 4 is 10.0 Å². The zero-order chi connectivity index (χ0) is 17.0. The maximum Gasteiger partial charge on any atom is 0.256 e. The largest absolute Gasteiger partial charge is 0.436 e. The molecule has 2 aromatic rings. The van der Waals surface area contributed by atoms with Crippen molar-refractivity contribution in [3.63, 3.8) is 0 Å². The van der Waals surface area contributed by atoms with Gasteiger partial charge in [0.25, 0.3) is 5.88 Å². The van der Waals surface area contributed by atoms with E-state index in [-0.39, 0.29) is 16.5 Å². The second-order valence-corrected chi connectivity index (χ2v) is 7.30. The lowest BCUT2D eigenvalue weighted by Crippen LogP contribution is -2.35. The van der Waals surface area contributed by atoms with E-state index in [1.807, 2.05) is 6.07 Å². The average molecular weight is 344 g/mol. The van der Waals surface area contributed by atoms with Crippen molar-refractivity contribution in [3.05, 3.63) is 42.4 Å². The molecule has 124 valence electrons. The Kier molecular flexibility index (Phi) is 4.74. The third-order valence-electron chi connectivity index (χ3n) is 3.76. The summed E-state index contributed by atoms with van der Waals surface area (Å²) in [6.45, 7) is 1.12. The number of rotatable bonds is 4. The molecule has 0 bridgehead atoms. The number of hydrogen-bond acceptors (Lipinski definition) is 6. The Hall–Kier alpha value is -2.50. The lowest BCUT2D eigenvalue weighted by Gasteiger charge is -2.25. The van der Waals surface area contributed by atoms with E-state index in [1.165, 1.54) is 28.8 Å². The van der Waals surface area contributed by atoms with Gasteiger partial charge in [0.15, 0.2) is 0 Å². The molecule has 1 aliphatic rings. The topological polar surface area (TPSA) is 96.2 Å². The summed E-state index contributed by atoms with van der Waals surface area (Å²) in [5.41, 5.74) is 0.0718. The highest BCUT2D eigenvalue weighted by atomic mass is 32.2. The van der Waals surface area contributed by atoms with Crippen LogP contribution in [-0.4, -0.2) is 35.8 Å². The number of aromatic nitrogens is 2. The molecule has 2 heterocycles. The van der Waals surface area contributed by atoms with Crippen molar-refractivity contribution in [2.45, 2.75) is 24.2 Å². The van der Waals surface area contributed by atoms with Crippen molar-refractivity contribution in [1.82, 2.24) is 14.3 Å². The highest BCUT2D eigenvalue weighted by Crippen LogP contribution is 2.25. The SMILES string of the molecule is N#Cc1nccnc1Oc1ccc(S(=O)(=O)N2CCCCC2)cc1. The number of sulfonamides is 1. The summed E-state index contributed by atoms with van der Waals surface area (Å²) in [7, 11) is -3.47. The number of piperidine rings is 1. The molecule has 1 aromatic carbocycles. The van der Waals surface area contributed by atoms with E-state index < -0.39 is 10.0 Å². The normalized spacial score (nSPS) is 15.6. The molecule has 1 aromatic heterocycles. The summed E-state index contributed by atoms with van der Waals surface area (Å²) in [4.78, 5) is 8.05. The summed E-state index contributed by atoms with van der Waals surface area (Å²) in [6, 6.07) is 7.99. The van der Waals surface area contributed by atoms with Gasteiger partial charge in [-0.1, -0.05) is 6.42 Å². The van der Waals surface area contributed by atoms with Crippen LogP contribution in [0.2, 0.25) is 0 Å². The van der Waals surface area contributed by atoms with E-state index in [0.29, 0.717) is 18.8 Å². The van der Waals surface area contributed by atoms with Gasteiger partial charge in [-0.3, -0.25) is 0 Å². The van der Waals surface area contributed by atoms with Crippen LogP contribution in [-0.2, 0) is 10.0 Å². The minimum atomic E-state index is -3.47. The molecule has 3 rings (SSSR count). The molecular formula is C16H16N4O3S. The third kappa shape index (κ3) is 3.37. The maximum absolute atomic E-state index is 12.6. The first kappa shape index (κ1) is 16.4. The molecule has 0 atom stereocenters.